The number of amides is 2. The molecule has 0 fully saturated rings. The number of nitrogens with two attached hydrogens (primary N) is 4. The Labute approximate surface area is 370 Å². The second-order valence-corrected chi connectivity index (χ2v) is 19.4. The van der Waals surface area contributed by atoms with Gasteiger partial charge in [-0.1, -0.05) is 91.0 Å². The Morgan fingerprint density at radius 1 is 0.607 bits per heavy atom. The summed E-state index contributed by atoms with van der Waals surface area (Å²) in [5, 5.41) is 28.1. The minimum Gasteiger partial charge on any atom is -0.444 e. The first-order valence-electron chi connectivity index (χ1n) is 18.0. The van der Waals surface area contributed by atoms with Gasteiger partial charge in [0, 0.05) is 16.7 Å². The van der Waals surface area contributed by atoms with Crippen molar-refractivity contribution < 1.29 is 57.8 Å². The maximum atomic E-state index is 11.8. The quantitative estimate of drug-likeness (QED) is 0.108. The first kappa shape index (κ1) is 59.4. The number of halogens is 2. The normalized spacial score (nSPS) is 13.0. The molecule has 0 spiro atoms. The molecule has 24 heteroatoms. The zero-order chi connectivity index (χ0) is 46.2. The van der Waals surface area contributed by atoms with Crippen LogP contribution in [0.5, 0.6) is 0 Å². The maximum absolute atomic E-state index is 11.8. The molecule has 0 aliphatic carbocycles. The second-order valence-electron chi connectivity index (χ2n) is 14.7. The molecule has 61 heavy (non-hydrogen) atoms. The van der Waals surface area contributed by atoms with E-state index in [1.165, 1.54) is 0 Å². The van der Waals surface area contributed by atoms with Crippen LogP contribution in [0.3, 0.4) is 0 Å². The van der Waals surface area contributed by atoms with E-state index in [0.29, 0.717) is 19.3 Å². The molecule has 3 aromatic carbocycles. The van der Waals surface area contributed by atoms with E-state index in [9.17, 15) is 39.9 Å². The van der Waals surface area contributed by atoms with Gasteiger partial charge in [-0.15, -0.1) is 12.4 Å². The summed E-state index contributed by atoms with van der Waals surface area (Å²) in [5.41, 5.74) is 7.50. The summed E-state index contributed by atoms with van der Waals surface area (Å²) in [7, 11) is -7.38. The Morgan fingerprint density at radius 2 is 0.902 bits per heavy atom. The zero-order valence-corrected chi connectivity index (χ0v) is 38.8. The molecule has 0 aromatic heterocycles. The minimum absolute atomic E-state index is 0. The molecule has 0 saturated carbocycles. The van der Waals surface area contributed by atoms with Gasteiger partial charge in [0.25, 0.3) is 9.24 Å². The van der Waals surface area contributed by atoms with Crippen molar-refractivity contribution in [3.8, 4) is 0 Å². The number of carbonyl (C=O) groups excluding carboxylic acids is 2. The number of rotatable bonds is 15. The van der Waals surface area contributed by atoms with Crippen LogP contribution in [0.1, 0.15) is 58.2 Å². The van der Waals surface area contributed by atoms with E-state index in [-0.39, 0.29) is 44.3 Å². The summed E-state index contributed by atoms with van der Waals surface area (Å²) in [4.78, 5) is 23.4. The summed E-state index contributed by atoms with van der Waals surface area (Å²) < 4.78 is 80.4. The van der Waals surface area contributed by atoms with Gasteiger partial charge >= 0.3 is 32.8 Å². The van der Waals surface area contributed by atoms with Gasteiger partial charge in [-0.2, -0.15) is 25.3 Å². The van der Waals surface area contributed by atoms with Gasteiger partial charge in [0.1, 0.15) is 11.2 Å². The third kappa shape index (κ3) is 40.2. The first-order chi connectivity index (χ1) is 27.4. The number of nitrogens with one attached hydrogen (secondary N) is 2. The average Bonchev–Trinajstić information content (AvgIpc) is 3.08. The lowest BCUT2D eigenvalue weighted by Crippen LogP contribution is -2.43. The van der Waals surface area contributed by atoms with Crippen LogP contribution < -0.4 is 31.8 Å². The highest BCUT2D eigenvalue weighted by Gasteiger charge is 2.22. The van der Waals surface area contributed by atoms with E-state index in [2.05, 4.69) is 40.0 Å². The van der Waals surface area contributed by atoms with Crippen LogP contribution in [0.2, 0.25) is 0 Å². The summed E-state index contributed by atoms with van der Waals surface area (Å²) in [6.07, 6.45) is 0.367. The van der Waals surface area contributed by atoms with E-state index in [4.69, 9.17) is 20.3 Å². The number of alkyl carbamates (subject to hydrolysis) is 2. The number of benzene rings is 3. The Kier molecular flexibility index (Phi) is 28.1. The summed E-state index contributed by atoms with van der Waals surface area (Å²) in [5.74, 6) is 0. The fourth-order valence-corrected chi connectivity index (χ4v) is 5.11. The van der Waals surface area contributed by atoms with Crippen molar-refractivity contribution in [2.45, 2.75) is 90.1 Å². The molecule has 0 heterocycles. The largest absolute Gasteiger partial charge is 0.444 e. The highest BCUT2D eigenvalue weighted by atomic mass is 35.7. The van der Waals surface area contributed by atoms with Crippen molar-refractivity contribution in [2.75, 3.05) is 19.8 Å². The van der Waals surface area contributed by atoms with Crippen LogP contribution in [0.15, 0.2) is 91.0 Å². The highest BCUT2D eigenvalue weighted by Crippen LogP contribution is 2.10. The van der Waals surface area contributed by atoms with Crippen LogP contribution in [0.4, 0.5) is 9.59 Å². The lowest BCUT2D eigenvalue weighted by Gasteiger charge is -2.23. The van der Waals surface area contributed by atoms with Gasteiger partial charge in [0.2, 0.25) is 0 Å². The number of aliphatic hydroxyl groups is 1. The van der Waals surface area contributed by atoms with Gasteiger partial charge < -0.3 is 30.9 Å². The fraction of sp³-hybridized carbons (Fsp3) is 0.459. The molecule has 2 amide bonds. The Morgan fingerprint density at radius 3 is 1.21 bits per heavy atom. The smallest absolute Gasteiger partial charge is 0.407 e. The molecule has 0 radical (unpaired) electrons. The number of hydrogen-bond acceptors (Lipinski definition) is 14. The van der Waals surface area contributed by atoms with Crippen LogP contribution in [-0.2, 0) is 66.9 Å². The molecule has 0 bridgehead atoms. The molecule has 0 saturated heterocycles. The Hall–Kier alpha value is -3.65. The van der Waals surface area contributed by atoms with Crippen molar-refractivity contribution in [1.29, 1.82) is 0 Å². The predicted octanol–water partition coefficient (Wildman–Crippen LogP) is 3.08. The van der Waals surface area contributed by atoms with Crippen molar-refractivity contribution >= 4 is 65.1 Å². The van der Waals surface area contributed by atoms with Gasteiger partial charge in [0.15, 0.2) is 0 Å². The molecule has 0 aliphatic rings. The van der Waals surface area contributed by atoms with Gasteiger partial charge in [-0.25, -0.2) is 25.0 Å². The number of ether oxygens (including phenoxy) is 2. The average molecular weight is 964 g/mol. The summed E-state index contributed by atoms with van der Waals surface area (Å²) in [6.45, 7) is 10.1. The lowest BCUT2D eigenvalue weighted by molar-refractivity contribution is 0.0474. The molecule has 3 rings (SSSR count). The van der Waals surface area contributed by atoms with Gasteiger partial charge in [-0.3, -0.25) is 8.37 Å². The SMILES string of the molecule is CC(C)(C)OC(=O)N[C@@H](CO)Cc1ccccc1.CC(C)(C)OC(=O)N[C@@H](COS(N)(=O)=O)Cc1ccccc1.Cl.NS(=O)(=O)Cl.N[C@@H](COS(N)(=O)=O)Cc1ccccc1. The summed E-state index contributed by atoms with van der Waals surface area (Å²) in [6, 6.07) is 27.2. The van der Waals surface area contributed by atoms with Crippen molar-refractivity contribution in [2.24, 2.45) is 21.2 Å². The topological polar surface area (TPSA) is 322 Å². The number of aliphatic hydroxyl groups excluding tert-OH is 1. The van der Waals surface area contributed by atoms with E-state index in [1.807, 2.05) is 91.0 Å². The molecule has 0 unspecified atom stereocenters. The Bertz CT molecular complexity index is 2000. The third-order valence-corrected chi connectivity index (χ3v) is 7.46. The summed E-state index contributed by atoms with van der Waals surface area (Å²) >= 11 is 0. The molecular weight excluding hydrogens is 904 g/mol. The van der Waals surface area contributed by atoms with Gasteiger partial charge in [-0.05, 0) is 77.5 Å². The van der Waals surface area contributed by atoms with Gasteiger partial charge in [0.05, 0.1) is 31.9 Å². The van der Waals surface area contributed by atoms with E-state index in [0.717, 1.165) is 16.7 Å². The molecule has 11 N–H and O–H groups in total. The highest BCUT2D eigenvalue weighted by molar-refractivity contribution is 8.11. The lowest BCUT2D eigenvalue weighted by atomic mass is 10.1. The van der Waals surface area contributed by atoms with Crippen LogP contribution in [-0.4, -0.2) is 91.7 Å². The van der Waals surface area contributed by atoms with Crippen molar-refractivity contribution in [1.82, 2.24) is 10.6 Å². The molecule has 19 nitrogen and oxygen atoms in total. The van der Waals surface area contributed by atoms with Crippen LogP contribution in [0, 0.1) is 0 Å². The Balaban J connectivity index is 0. The standard InChI is InChI=1S/C14H22N2O5S.C14H21NO3.C9H14N2O3S.ClH2NO2S.ClH/c1-14(2,3)21-13(17)16-12(10-20-22(15,18)19)9-11-7-5-4-6-8-11;1-14(2,3)18-13(17)15-12(10-16)9-11-7-5-4-6-8-11;10-9(7-14-15(11,12)13)6-8-4-2-1-3-5-8;1-5(2,3)4;/h4-8,12H,9-10H2,1-3H3,(H,16,17)(H2,15,18,19);4-8,12,16H,9-10H2,1-3H3,(H,15,17);1-5,9H,6-7,10H2,(H2,11,12,13);(H2,2,3,4);1H/t2*12-;9-;;/m111../s1. The number of carbonyl (C=O) groups is 2. The van der Waals surface area contributed by atoms with Crippen LogP contribution >= 0.6 is 23.1 Å². The molecule has 3 aromatic rings. The third-order valence-electron chi connectivity index (χ3n) is 6.53. The first-order valence-corrected chi connectivity index (χ1v) is 23.3. The fourth-order valence-electron chi connectivity index (χ4n) is 4.39. The van der Waals surface area contributed by atoms with Crippen molar-refractivity contribution in [3.05, 3.63) is 108 Å². The molecule has 348 valence electrons. The monoisotopic (exact) mass is 962 g/mol. The second kappa shape index (κ2) is 28.9. The number of hydrogen-bond donors (Lipinski definition) is 7. The van der Waals surface area contributed by atoms with Crippen molar-refractivity contribution in [3.63, 3.8) is 0 Å². The molecule has 0 aliphatic heterocycles. The predicted molar refractivity (Wildman–Crippen MR) is 236 cm³/mol. The van der Waals surface area contributed by atoms with E-state index in [1.54, 1.807) is 41.5 Å². The molecule has 3 atom stereocenters. The molecular formula is C37H60Cl2N6O13S3. The van der Waals surface area contributed by atoms with Crippen LogP contribution in [0.25, 0.3) is 0 Å². The maximum Gasteiger partial charge on any atom is 0.407 e. The van der Waals surface area contributed by atoms with E-state index >= 15 is 0 Å². The zero-order valence-electron chi connectivity index (χ0n) is 34.8. The van der Waals surface area contributed by atoms with E-state index < -0.39 is 59.3 Å². The minimum atomic E-state index is -4.07.